The molecule has 27 heavy (non-hydrogen) atoms. The van der Waals surface area contributed by atoms with Gasteiger partial charge >= 0.3 is 0 Å². The number of anilines is 1. The van der Waals surface area contributed by atoms with Crippen LogP contribution in [0.15, 0.2) is 42.5 Å². The maximum Gasteiger partial charge on any atom is 0.227 e. The molecule has 1 saturated carbocycles. The van der Waals surface area contributed by atoms with Crippen LogP contribution in [0.2, 0.25) is 10.0 Å². The predicted octanol–water partition coefficient (Wildman–Crippen LogP) is 6.43. The van der Waals surface area contributed by atoms with Crippen LogP contribution < -0.4 is 5.32 Å². The van der Waals surface area contributed by atoms with Crippen LogP contribution in [-0.2, 0) is 11.3 Å². The van der Waals surface area contributed by atoms with Crippen LogP contribution in [0.1, 0.15) is 36.9 Å². The quantitative estimate of drug-likeness (QED) is 0.537. The van der Waals surface area contributed by atoms with Gasteiger partial charge < -0.3 is 9.88 Å². The van der Waals surface area contributed by atoms with Gasteiger partial charge in [0.2, 0.25) is 5.91 Å². The lowest BCUT2D eigenvalue weighted by atomic mass is 10.1. The highest BCUT2D eigenvalue weighted by atomic mass is 35.5. The van der Waals surface area contributed by atoms with E-state index in [0.717, 1.165) is 53.5 Å². The third-order valence-corrected chi connectivity index (χ3v) is 6.19. The number of aryl methyl sites for hydroxylation is 1. The van der Waals surface area contributed by atoms with Crippen molar-refractivity contribution in [2.75, 3.05) is 5.32 Å². The molecule has 1 heterocycles. The van der Waals surface area contributed by atoms with Crippen LogP contribution in [-0.4, -0.2) is 10.5 Å². The van der Waals surface area contributed by atoms with E-state index in [4.69, 9.17) is 23.2 Å². The summed E-state index contributed by atoms with van der Waals surface area (Å²) in [4.78, 5) is 12.4. The number of carbonyl (C=O) groups excluding carboxylic acids is 1. The summed E-state index contributed by atoms with van der Waals surface area (Å²) in [5.74, 6) is 0.306. The van der Waals surface area contributed by atoms with Crippen LogP contribution in [0.4, 0.5) is 5.69 Å². The van der Waals surface area contributed by atoms with Crippen molar-refractivity contribution in [3.63, 3.8) is 0 Å². The van der Waals surface area contributed by atoms with Gasteiger partial charge in [0, 0.05) is 43.8 Å². The first-order valence-electron chi connectivity index (χ1n) is 9.36. The lowest BCUT2D eigenvalue weighted by Gasteiger charge is -2.13. The molecule has 2 aromatic carbocycles. The van der Waals surface area contributed by atoms with Crippen molar-refractivity contribution in [2.24, 2.45) is 5.92 Å². The Bertz CT molecular complexity index is 983. The first-order valence-corrected chi connectivity index (χ1v) is 10.1. The van der Waals surface area contributed by atoms with Crippen LogP contribution in [0, 0.1) is 12.8 Å². The maximum absolute atomic E-state index is 12.4. The third-order valence-electron chi connectivity index (χ3n) is 5.48. The monoisotopic (exact) mass is 400 g/mol. The predicted molar refractivity (Wildman–Crippen MR) is 113 cm³/mol. The molecule has 0 aliphatic heterocycles. The minimum Gasteiger partial charge on any atom is -0.340 e. The molecule has 5 heteroatoms. The second-order valence-electron chi connectivity index (χ2n) is 7.32. The first kappa shape index (κ1) is 18.4. The summed E-state index contributed by atoms with van der Waals surface area (Å²) in [5, 5.41) is 5.52. The van der Waals surface area contributed by atoms with Gasteiger partial charge in [-0.15, -0.1) is 0 Å². The molecule has 0 bridgehead atoms. The molecular formula is C22H22Cl2N2O. The molecule has 1 N–H and O–H groups in total. The fraction of sp³-hybridized carbons (Fsp3) is 0.318. The van der Waals surface area contributed by atoms with E-state index in [1.54, 1.807) is 0 Å². The fourth-order valence-electron chi connectivity index (χ4n) is 3.97. The lowest BCUT2D eigenvalue weighted by molar-refractivity contribution is -0.119. The third kappa shape index (κ3) is 3.71. The second kappa shape index (κ2) is 7.57. The number of fused-ring (bicyclic) bond motifs is 1. The van der Waals surface area contributed by atoms with E-state index < -0.39 is 0 Å². The number of nitrogens with zero attached hydrogens (tertiary/aromatic N) is 1. The maximum atomic E-state index is 12.4. The van der Waals surface area contributed by atoms with E-state index in [0.29, 0.717) is 16.6 Å². The van der Waals surface area contributed by atoms with Crippen LogP contribution in [0.25, 0.3) is 10.9 Å². The minimum atomic E-state index is 0.144. The summed E-state index contributed by atoms with van der Waals surface area (Å²) in [6.07, 6.45) is 4.32. The number of carbonyl (C=O) groups is 1. The van der Waals surface area contributed by atoms with Gasteiger partial charge in [-0.05, 0) is 56.2 Å². The van der Waals surface area contributed by atoms with Crippen LogP contribution in [0.3, 0.4) is 0 Å². The molecule has 0 radical (unpaired) electrons. The van der Waals surface area contributed by atoms with Crippen molar-refractivity contribution >= 4 is 45.7 Å². The Hall–Kier alpha value is -1.97. The van der Waals surface area contributed by atoms with E-state index in [2.05, 4.69) is 28.9 Å². The van der Waals surface area contributed by atoms with Gasteiger partial charge in [0.15, 0.2) is 0 Å². The molecule has 4 rings (SSSR count). The molecule has 0 saturated heterocycles. The number of aromatic nitrogens is 1. The summed E-state index contributed by atoms with van der Waals surface area (Å²) in [5.41, 5.74) is 4.00. The summed E-state index contributed by atoms with van der Waals surface area (Å²) in [7, 11) is 0. The van der Waals surface area contributed by atoms with Crippen LogP contribution in [0.5, 0.6) is 0 Å². The number of amides is 1. The Morgan fingerprint density at radius 2 is 1.81 bits per heavy atom. The minimum absolute atomic E-state index is 0.144. The number of benzene rings is 2. The summed E-state index contributed by atoms with van der Waals surface area (Å²) >= 11 is 12.7. The Balaban J connectivity index is 1.62. The molecule has 3 nitrogen and oxygen atoms in total. The molecule has 1 aliphatic rings. The summed E-state index contributed by atoms with van der Waals surface area (Å²) in [6.45, 7) is 2.68. The van der Waals surface area contributed by atoms with Crippen LogP contribution >= 0.6 is 23.2 Å². The Morgan fingerprint density at radius 1 is 1.11 bits per heavy atom. The van der Waals surface area contributed by atoms with E-state index in [-0.39, 0.29) is 11.8 Å². The van der Waals surface area contributed by atoms with Gasteiger partial charge in [-0.2, -0.15) is 0 Å². The highest BCUT2D eigenvalue weighted by molar-refractivity contribution is 6.36. The van der Waals surface area contributed by atoms with E-state index >= 15 is 0 Å². The van der Waals surface area contributed by atoms with E-state index in [1.165, 1.54) is 0 Å². The molecule has 0 spiro atoms. The largest absolute Gasteiger partial charge is 0.340 e. The zero-order chi connectivity index (χ0) is 19.0. The van der Waals surface area contributed by atoms with Gasteiger partial charge in [0.25, 0.3) is 0 Å². The second-order valence-corrected chi connectivity index (χ2v) is 8.13. The zero-order valence-corrected chi connectivity index (χ0v) is 16.8. The number of hydrogen-bond donors (Lipinski definition) is 1. The molecular weight excluding hydrogens is 379 g/mol. The normalized spacial score (nSPS) is 14.8. The standard InChI is InChI=1S/C22H22Cl2N2O/c1-14-11-16-12-17(25-22(27)15-5-2-3-6-15)9-10-21(16)26(14)13-18-19(23)7-4-8-20(18)24/h4,7-12,15H,2-3,5-6,13H2,1H3,(H,25,27). The topological polar surface area (TPSA) is 34.0 Å². The summed E-state index contributed by atoms with van der Waals surface area (Å²) in [6, 6.07) is 13.8. The van der Waals surface area contributed by atoms with E-state index in [9.17, 15) is 4.79 Å². The molecule has 1 fully saturated rings. The first-order chi connectivity index (χ1) is 13.0. The molecule has 0 unspecified atom stereocenters. The zero-order valence-electron chi connectivity index (χ0n) is 15.3. The lowest BCUT2D eigenvalue weighted by Crippen LogP contribution is -2.20. The molecule has 1 aliphatic carbocycles. The van der Waals surface area contributed by atoms with Crippen molar-refractivity contribution in [1.82, 2.24) is 4.57 Å². The highest BCUT2D eigenvalue weighted by Crippen LogP contribution is 2.30. The van der Waals surface area contributed by atoms with Gasteiger partial charge in [-0.3, -0.25) is 4.79 Å². The molecule has 3 aromatic rings. The van der Waals surface area contributed by atoms with Crippen molar-refractivity contribution in [2.45, 2.75) is 39.2 Å². The van der Waals surface area contributed by atoms with Gasteiger partial charge in [0.05, 0.1) is 6.54 Å². The fourth-order valence-corrected chi connectivity index (χ4v) is 4.49. The number of rotatable bonds is 4. The van der Waals surface area contributed by atoms with Gasteiger partial charge in [-0.1, -0.05) is 42.1 Å². The van der Waals surface area contributed by atoms with Crippen molar-refractivity contribution in [1.29, 1.82) is 0 Å². The smallest absolute Gasteiger partial charge is 0.227 e. The van der Waals surface area contributed by atoms with Gasteiger partial charge in [-0.25, -0.2) is 0 Å². The number of hydrogen-bond acceptors (Lipinski definition) is 1. The Kier molecular flexibility index (Phi) is 5.16. The molecule has 140 valence electrons. The average molecular weight is 401 g/mol. The SMILES string of the molecule is Cc1cc2cc(NC(=O)C3CCCC3)ccc2n1Cc1c(Cl)cccc1Cl. The highest BCUT2D eigenvalue weighted by Gasteiger charge is 2.22. The number of nitrogens with one attached hydrogen (secondary N) is 1. The molecule has 1 aromatic heterocycles. The molecule has 0 atom stereocenters. The Labute approximate surface area is 169 Å². The number of halogens is 2. The summed E-state index contributed by atoms with van der Waals surface area (Å²) < 4.78 is 2.20. The Morgan fingerprint density at radius 3 is 2.52 bits per heavy atom. The van der Waals surface area contributed by atoms with Gasteiger partial charge in [0.1, 0.15) is 0 Å². The van der Waals surface area contributed by atoms with E-state index in [1.807, 2.05) is 30.3 Å². The molecule has 1 amide bonds. The van der Waals surface area contributed by atoms with Crippen molar-refractivity contribution in [3.8, 4) is 0 Å². The van der Waals surface area contributed by atoms with Crippen molar-refractivity contribution in [3.05, 3.63) is 63.8 Å². The van der Waals surface area contributed by atoms with Crippen molar-refractivity contribution < 1.29 is 4.79 Å². The average Bonchev–Trinajstić information content (AvgIpc) is 3.26.